The summed E-state index contributed by atoms with van der Waals surface area (Å²) >= 11 is 5.56. The molecule has 0 aliphatic carbocycles. The highest BCUT2D eigenvalue weighted by Crippen LogP contribution is 2.29. The van der Waals surface area contributed by atoms with E-state index in [9.17, 15) is 9.59 Å². The van der Waals surface area contributed by atoms with Gasteiger partial charge in [-0.1, -0.05) is 13.8 Å². The molecule has 4 heteroatoms. The smallest absolute Gasteiger partial charge is 0.314 e. The van der Waals surface area contributed by atoms with Crippen LogP contribution in [0.5, 0.6) is 0 Å². The standard InChI is InChI=1S/C8H13ClO3/c1-5(10)6(7(11)12)8(2,3)4-9/h6H,4H2,1-3H3,(H,11,12). The second kappa shape index (κ2) is 3.90. The minimum Gasteiger partial charge on any atom is -0.481 e. The third-order valence-electron chi connectivity index (χ3n) is 1.78. The zero-order chi connectivity index (χ0) is 9.94. The maximum atomic E-state index is 11.0. The third kappa shape index (κ3) is 2.48. The van der Waals surface area contributed by atoms with Gasteiger partial charge in [0.05, 0.1) is 0 Å². The summed E-state index contributed by atoms with van der Waals surface area (Å²) in [6, 6.07) is 0. The minimum absolute atomic E-state index is 0.156. The fourth-order valence-electron chi connectivity index (χ4n) is 1.14. The van der Waals surface area contributed by atoms with Gasteiger partial charge in [0, 0.05) is 5.88 Å². The predicted octanol–water partition coefficient (Wildman–Crippen LogP) is 1.54. The Kier molecular flexibility index (Phi) is 3.71. The molecule has 0 rings (SSSR count). The van der Waals surface area contributed by atoms with Crippen molar-refractivity contribution in [3.8, 4) is 0 Å². The van der Waals surface area contributed by atoms with Crippen LogP contribution in [0.3, 0.4) is 0 Å². The van der Waals surface area contributed by atoms with Crippen LogP contribution in [0.4, 0.5) is 0 Å². The summed E-state index contributed by atoms with van der Waals surface area (Å²) < 4.78 is 0. The minimum atomic E-state index is -1.10. The summed E-state index contributed by atoms with van der Waals surface area (Å²) in [5.41, 5.74) is -0.681. The Balaban J connectivity index is 4.74. The number of ketones is 1. The van der Waals surface area contributed by atoms with Crippen LogP contribution in [0.1, 0.15) is 20.8 Å². The molecule has 1 atom stereocenters. The van der Waals surface area contributed by atoms with Crippen molar-refractivity contribution < 1.29 is 14.7 Å². The number of rotatable bonds is 4. The highest BCUT2D eigenvalue weighted by atomic mass is 35.5. The summed E-state index contributed by atoms with van der Waals surface area (Å²) in [6.07, 6.45) is 0. The lowest BCUT2D eigenvalue weighted by Gasteiger charge is -2.26. The van der Waals surface area contributed by atoms with Crippen LogP contribution in [-0.2, 0) is 9.59 Å². The molecule has 0 heterocycles. The fraction of sp³-hybridized carbons (Fsp3) is 0.750. The predicted molar refractivity (Wildman–Crippen MR) is 46.3 cm³/mol. The monoisotopic (exact) mass is 192 g/mol. The molecule has 0 saturated heterocycles. The van der Waals surface area contributed by atoms with Crippen molar-refractivity contribution >= 4 is 23.4 Å². The molecule has 3 nitrogen and oxygen atoms in total. The van der Waals surface area contributed by atoms with Crippen molar-refractivity contribution in [3.05, 3.63) is 0 Å². The van der Waals surface area contributed by atoms with E-state index in [0.29, 0.717) is 0 Å². The Morgan fingerprint density at radius 3 is 2.00 bits per heavy atom. The molecule has 0 fully saturated rings. The van der Waals surface area contributed by atoms with Crippen LogP contribution in [0.2, 0.25) is 0 Å². The molecule has 0 radical (unpaired) electrons. The summed E-state index contributed by atoms with van der Waals surface area (Å²) in [6.45, 7) is 4.60. The maximum Gasteiger partial charge on any atom is 0.314 e. The topological polar surface area (TPSA) is 54.4 Å². The van der Waals surface area contributed by atoms with Crippen LogP contribution >= 0.6 is 11.6 Å². The van der Waals surface area contributed by atoms with Crippen LogP contribution < -0.4 is 0 Å². The number of carbonyl (C=O) groups excluding carboxylic acids is 1. The normalized spacial score (nSPS) is 14.0. The van der Waals surface area contributed by atoms with E-state index in [1.54, 1.807) is 13.8 Å². The number of hydrogen-bond acceptors (Lipinski definition) is 2. The molecule has 0 amide bonds. The summed E-state index contributed by atoms with van der Waals surface area (Å²) in [4.78, 5) is 21.6. The number of aliphatic carboxylic acids is 1. The molecule has 0 aliphatic heterocycles. The van der Waals surface area contributed by atoms with Gasteiger partial charge in [-0.25, -0.2) is 0 Å². The Morgan fingerprint density at radius 1 is 1.50 bits per heavy atom. The molecule has 0 bridgehead atoms. The van der Waals surface area contributed by atoms with Gasteiger partial charge >= 0.3 is 5.97 Å². The molecule has 0 aromatic rings. The molecule has 70 valence electrons. The van der Waals surface area contributed by atoms with Gasteiger partial charge in [-0.2, -0.15) is 0 Å². The second-order valence-corrected chi connectivity index (χ2v) is 3.77. The number of hydrogen-bond donors (Lipinski definition) is 1. The van der Waals surface area contributed by atoms with Crippen molar-refractivity contribution in [2.45, 2.75) is 20.8 Å². The first-order valence-electron chi connectivity index (χ1n) is 3.62. The Labute approximate surface area is 76.7 Å². The Morgan fingerprint density at radius 2 is 1.92 bits per heavy atom. The number of Topliss-reactive ketones (excluding diaryl/α,β-unsaturated/α-hetero) is 1. The zero-order valence-electron chi connectivity index (χ0n) is 7.43. The maximum absolute atomic E-state index is 11.0. The van der Waals surface area contributed by atoms with E-state index in [1.807, 2.05) is 0 Å². The lowest BCUT2D eigenvalue weighted by atomic mass is 9.78. The number of carboxylic acids is 1. The van der Waals surface area contributed by atoms with Crippen LogP contribution in [-0.4, -0.2) is 22.7 Å². The van der Waals surface area contributed by atoms with Crippen molar-refractivity contribution in [2.24, 2.45) is 11.3 Å². The summed E-state index contributed by atoms with van der Waals surface area (Å²) in [5, 5.41) is 8.73. The van der Waals surface area contributed by atoms with E-state index < -0.39 is 17.3 Å². The first-order chi connectivity index (χ1) is 5.33. The first-order valence-corrected chi connectivity index (χ1v) is 4.15. The van der Waals surface area contributed by atoms with E-state index in [2.05, 4.69) is 0 Å². The number of alkyl halides is 1. The SMILES string of the molecule is CC(=O)C(C(=O)O)C(C)(C)CCl. The van der Waals surface area contributed by atoms with Gasteiger partial charge in [0.2, 0.25) is 0 Å². The molecule has 1 N–H and O–H groups in total. The van der Waals surface area contributed by atoms with Crippen molar-refractivity contribution in [1.82, 2.24) is 0 Å². The van der Waals surface area contributed by atoms with Gasteiger partial charge in [-0.05, 0) is 12.3 Å². The fourth-order valence-corrected chi connectivity index (χ4v) is 1.29. The average Bonchev–Trinajstić information content (AvgIpc) is 1.84. The number of carboxylic acid groups (broad SMARTS) is 1. The molecule has 0 aliphatic rings. The van der Waals surface area contributed by atoms with Crippen LogP contribution in [0.15, 0.2) is 0 Å². The van der Waals surface area contributed by atoms with Crippen LogP contribution in [0.25, 0.3) is 0 Å². The number of carbonyl (C=O) groups is 2. The third-order valence-corrected chi connectivity index (χ3v) is 2.47. The van der Waals surface area contributed by atoms with Crippen molar-refractivity contribution in [2.75, 3.05) is 5.88 Å². The quantitative estimate of drug-likeness (QED) is 0.543. The molecule has 12 heavy (non-hydrogen) atoms. The van der Waals surface area contributed by atoms with Crippen molar-refractivity contribution in [3.63, 3.8) is 0 Å². The van der Waals surface area contributed by atoms with Gasteiger partial charge in [0.25, 0.3) is 0 Å². The second-order valence-electron chi connectivity index (χ2n) is 3.50. The molecule has 0 aromatic heterocycles. The summed E-state index contributed by atoms with van der Waals surface area (Å²) in [7, 11) is 0. The average molecular weight is 193 g/mol. The molecule has 0 aromatic carbocycles. The molecule has 0 spiro atoms. The lowest BCUT2D eigenvalue weighted by Crippen LogP contribution is -2.37. The van der Waals surface area contributed by atoms with E-state index in [0.717, 1.165) is 0 Å². The van der Waals surface area contributed by atoms with E-state index in [4.69, 9.17) is 16.7 Å². The molecular weight excluding hydrogens is 180 g/mol. The molecule has 1 unspecified atom stereocenters. The van der Waals surface area contributed by atoms with Gasteiger partial charge in [0.15, 0.2) is 0 Å². The van der Waals surface area contributed by atoms with Crippen LogP contribution in [0, 0.1) is 11.3 Å². The Hall–Kier alpha value is -0.570. The van der Waals surface area contributed by atoms with Gasteiger partial charge in [-0.15, -0.1) is 11.6 Å². The van der Waals surface area contributed by atoms with Gasteiger partial charge in [0.1, 0.15) is 11.7 Å². The van der Waals surface area contributed by atoms with E-state index in [1.165, 1.54) is 6.92 Å². The Bertz CT molecular complexity index is 184. The van der Waals surface area contributed by atoms with Gasteiger partial charge in [-0.3, -0.25) is 9.59 Å². The highest BCUT2D eigenvalue weighted by molar-refractivity contribution is 6.18. The largest absolute Gasteiger partial charge is 0.481 e. The number of halogens is 1. The lowest BCUT2D eigenvalue weighted by molar-refractivity contribution is -0.149. The first kappa shape index (κ1) is 11.4. The highest BCUT2D eigenvalue weighted by Gasteiger charge is 2.37. The molecule has 0 saturated carbocycles. The molecular formula is C8H13ClO3. The van der Waals surface area contributed by atoms with Crippen molar-refractivity contribution in [1.29, 1.82) is 0 Å². The zero-order valence-corrected chi connectivity index (χ0v) is 8.18. The summed E-state index contributed by atoms with van der Waals surface area (Å²) in [5.74, 6) is -2.31. The van der Waals surface area contributed by atoms with E-state index in [-0.39, 0.29) is 11.7 Å². The van der Waals surface area contributed by atoms with Gasteiger partial charge < -0.3 is 5.11 Å². The van der Waals surface area contributed by atoms with E-state index >= 15 is 0 Å².